The summed E-state index contributed by atoms with van der Waals surface area (Å²) in [6.45, 7) is 3.64. The quantitative estimate of drug-likeness (QED) is 0.873. The Morgan fingerprint density at radius 2 is 2.18 bits per heavy atom. The molecule has 0 aliphatic heterocycles. The van der Waals surface area contributed by atoms with E-state index in [0.29, 0.717) is 6.04 Å². The van der Waals surface area contributed by atoms with Crippen LogP contribution in [0.5, 0.6) is 0 Å². The minimum Gasteiger partial charge on any atom is -0.327 e. The van der Waals surface area contributed by atoms with Gasteiger partial charge in [-0.05, 0) is 42.3 Å². The van der Waals surface area contributed by atoms with E-state index in [1.807, 2.05) is 42.8 Å². The lowest BCUT2D eigenvalue weighted by Gasteiger charge is -2.15. The first-order valence-corrected chi connectivity index (χ1v) is 7.51. The highest BCUT2D eigenvalue weighted by Gasteiger charge is 2.28. The second-order valence-corrected chi connectivity index (χ2v) is 5.90. The van der Waals surface area contributed by atoms with Crippen molar-refractivity contribution in [1.82, 2.24) is 20.2 Å². The summed E-state index contributed by atoms with van der Waals surface area (Å²) in [4.78, 5) is 12.1. The molecule has 1 aliphatic rings. The van der Waals surface area contributed by atoms with Crippen molar-refractivity contribution < 1.29 is 4.79 Å². The molecule has 2 aromatic rings. The molecular formula is C15H20N6O. The Morgan fingerprint density at radius 3 is 2.86 bits per heavy atom. The first kappa shape index (κ1) is 14.6. The Balaban J connectivity index is 1.81. The zero-order chi connectivity index (χ0) is 15.7. The van der Waals surface area contributed by atoms with E-state index in [4.69, 9.17) is 5.73 Å². The number of tetrazole rings is 1. The van der Waals surface area contributed by atoms with Crippen molar-refractivity contribution in [2.45, 2.75) is 38.8 Å². The molecule has 116 valence electrons. The van der Waals surface area contributed by atoms with Gasteiger partial charge in [-0.3, -0.25) is 4.79 Å². The molecule has 0 radical (unpaired) electrons. The van der Waals surface area contributed by atoms with Gasteiger partial charge in [-0.1, -0.05) is 19.1 Å². The van der Waals surface area contributed by atoms with Crippen molar-refractivity contribution in [3.05, 3.63) is 24.3 Å². The molecule has 1 fully saturated rings. The standard InChI is InChI=1S/C15H20N6O/c1-9(10(2)16)15(22)17-12-5-3-4-11(8-12)14-18-19-20-21(14)13-6-7-13/h3-5,8-10,13H,6-7,16H2,1-2H3,(H,17,22). The third-order valence-corrected chi connectivity index (χ3v) is 3.98. The van der Waals surface area contributed by atoms with Crippen LogP contribution in [-0.4, -0.2) is 32.2 Å². The average molecular weight is 300 g/mol. The van der Waals surface area contributed by atoms with Gasteiger partial charge in [0.05, 0.1) is 12.0 Å². The minimum atomic E-state index is -0.250. The second-order valence-electron chi connectivity index (χ2n) is 5.90. The van der Waals surface area contributed by atoms with Crippen LogP contribution in [0.2, 0.25) is 0 Å². The molecule has 3 rings (SSSR count). The van der Waals surface area contributed by atoms with Gasteiger partial charge in [0, 0.05) is 17.3 Å². The molecular weight excluding hydrogens is 280 g/mol. The molecule has 7 nitrogen and oxygen atoms in total. The predicted molar refractivity (Wildman–Crippen MR) is 83.0 cm³/mol. The molecule has 7 heteroatoms. The van der Waals surface area contributed by atoms with E-state index in [1.165, 1.54) is 0 Å². The van der Waals surface area contributed by atoms with Gasteiger partial charge in [-0.25, -0.2) is 4.68 Å². The van der Waals surface area contributed by atoms with Crippen LogP contribution in [0, 0.1) is 5.92 Å². The number of carbonyl (C=O) groups is 1. The molecule has 3 N–H and O–H groups in total. The van der Waals surface area contributed by atoms with Crippen LogP contribution in [-0.2, 0) is 4.79 Å². The number of anilines is 1. The highest BCUT2D eigenvalue weighted by Crippen LogP contribution is 2.36. The van der Waals surface area contributed by atoms with Crippen LogP contribution in [0.4, 0.5) is 5.69 Å². The van der Waals surface area contributed by atoms with Crippen molar-refractivity contribution in [1.29, 1.82) is 0 Å². The lowest BCUT2D eigenvalue weighted by molar-refractivity contribution is -0.119. The summed E-state index contributed by atoms with van der Waals surface area (Å²) < 4.78 is 1.85. The van der Waals surface area contributed by atoms with Crippen molar-refractivity contribution in [2.24, 2.45) is 11.7 Å². The summed E-state index contributed by atoms with van der Waals surface area (Å²) in [6.07, 6.45) is 2.22. The number of hydrogen-bond acceptors (Lipinski definition) is 5. The molecule has 22 heavy (non-hydrogen) atoms. The molecule has 1 aromatic heterocycles. The number of nitrogens with zero attached hydrogens (tertiary/aromatic N) is 4. The van der Waals surface area contributed by atoms with Gasteiger partial charge in [-0.15, -0.1) is 5.10 Å². The fourth-order valence-corrected chi connectivity index (χ4v) is 2.18. The van der Waals surface area contributed by atoms with Gasteiger partial charge >= 0.3 is 0 Å². The molecule has 2 atom stereocenters. The van der Waals surface area contributed by atoms with Crippen molar-refractivity contribution in [3.8, 4) is 11.4 Å². The van der Waals surface area contributed by atoms with Gasteiger partial charge in [0.2, 0.25) is 5.91 Å². The summed E-state index contributed by atoms with van der Waals surface area (Å²) in [5, 5.41) is 14.8. The second kappa shape index (κ2) is 5.84. The van der Waals surface area contributed by atoms with Crippen molar-refractivity contribution in [3.63, 3.8) is 0 Å². The highest BCUT2D eigenvalue weighted by atomic mass is 16.1. The Morgan fingerprint density at radius 1 is 1.41 bits per heavy atom. The van der Waals surface area contributed by atoms with Crippen LogP contribution < -0.4 is 11.1 Å². The molecule has 1 amide bonds. The Kier molecular flexibility index (Phi) is 3.89. The summed E-state index contributed by atoms with van der Waals surface area (Å²) in [7, 11) is 0. The summed E-state index contributed by atoms with van der Waals surface area (Å²) in [5.74, 6) is 0.396. The predicted octanol–water partition coefficient (Wildman–Crippen LogP) is 1.60. The molecule has 1 aliphatic carbocycles. The number of carbonyl (C=O) groups excluding carboxylic acids is 1. The Hall–Kier alpha value is -2.28. The molecule has 1 heterocycles. The third-order valence-electron chi connectivity index (χ3n) is 3.98. The summed E-state index contributed by atoms with van der Waals surface area (Å²) in [6, 6.07) is 7.77. The smallest absolute Gasteiger partial charge is 0.228 e. The summed E-state index contributed by atoms with van der Waals surface area (Å²) >= 11 is 0. The van der Waals surface area contributed by atoms with E-state index in [0.717, 1.165) is 29.9 Å². The number of amides is 1. The van der Waals surface area contributed by atoms with Crippen LogP contribution in [0.25, 0.3) is 11.4 Å². The molecule has 0 bridgehead atoms. The van der Waals surface area contributed by atoms with Crippen LogP contribution in [0.15, 0.2) is 24.3 Å². The number of nitrogens with one attached hydrogen (secondary N) is 1. The topological polar surface area (TPSA) is 98.7 Å². The van der Waals surface area contributed by atoms with E-state index in [9.17, 15) is 4.79 Å². The maximum absolute atomic E-state index is 12.1. The maximum Gasteiger partial charge on any atom is 0.228 e. The van der Waals surface area contributed by atoms with E-state index >= 15 is 0 Å². The number of benzene rings is 1. The van der Waals surface area contributed by atoms with Gasteiger partial charge in [0.15, 0.2) is 5.82 Å². The zero-order valence-electron chi connectivity index (χ0n) is 12.7. The Bertz CT molecular complexity index is 676. The fourth-order valence-electron chi connectivity index (χ4n) is 2.18. The number of aromatic nitrogens is 4. The van der Waals surface area contributed by atoms with Crippen molar-refractivity contribution in [2.75, 3.05) is 5.32 Å². The molecule has 0 saturated heterocycles. The third kappa shape index (κ3) is 2.99. The van der Waals surface area contributed by atoms with E-state index in [2.05, 4.69) is 20.8 Å². The zero-order valence-corrected chi connectivity index (χ0v) is 12.7. The van der Waals surface area contributed by atoms with Gasteiger partial charge in [0.25, 0.3) is 0 Å². The van der Waals surface area contributed by atoms with Crippen LogP contribution in [0.1, 0.15) is 32.7 Å². The van der Waals surface area contributed by atoms with Gasteiger partial charge in [0.1, 0.15) is 0 Å². The number of hydrogen-bond donors (Lipinski definition) is 2. The lowest BCUT2D eigenvalue weighted by Crippen LogP contribution is -2.34. The average Bonchev–Trinajstić information content (AvgIpc) is 3.23. The number of rotatable bonds is 5. The SMILES string of the molecule is CC(N)C(C)C(=O)Nc1cccc(-c2nnnn2C2CC2)c1. The van der Waals surface area contributed by atoms with Gasteiger partial charge < -0.3 is 11.1 Å². The minimum absolute atomic E-state index is 0.0889. The first-order chi connectivity index (χ1) is 10.6. The largest absolute Gasteiger partial charge is 0.327 e. The molecule has 2 unspecified atom stereocenters. The van der Waals surface area contributed by atoms with E-state index < -0.39 is 0 Å². The normalized spacial score (nSPS) is 17.0. The van der Waals surface area contributed by atoms with Gasteiger partial charge in [-0.2, -0.15) is 0 Å². The highest BCUT2D eigenvalue weighted by molar-refractivity contribution is 5.93. The fraction of sp³-hybridized carbons (Fsp3) is 0.467. The first-order valence-electron chi connectivity index (χ1n) is 7.51. The monoisotopic (exact) mass is 300 g/mol. The number of nitrogens with two attached hydrogens (primary N) is 1. The van der Waals surface area contributed by atoms with Crippen molar-refractivity contribution >= 4 is 11.6 Å². The van der Waals surface area contributed by atoms with Crippen LogP contribution >= 0.6 is 0 Å². The lowest BCUT2D eigenvalue weighted by atomic mass is 10.0. The molecule has 0 spiro atoms. The molecule has 1 saturated carbocycles. The Labute approximate surface area is 128 Å². The maximum atomic E-state index is 12.1. The van der Waals surface area contributed by atoms with E-state index in [1.54, 1.807) is 0 Å². The van der Waals surface area contributed by atoms with Crippen LogP contribution in [0.3, 0.4) is 0 Å². The summed E-state index contributed by atoms with van der Waals surface area (Å²) in [5.41, 5.74) is 7.38. The van der Waals surface area contributed by atoms with E-state index in [-0.39, 0.29) is 17.9 Å². The molecule has 1 aromatic carbocycles.